The number of piperidine rings is 1. The maximum Gasteiger partial charge on any atom is 0.279 e. The molecule has 6 heteroatoms. The van der Waals surface area contributed by atoms with E-state index in [0.29, 0.717) is 24.5 Å². The van der Waals surface area contributed by atoms with Crippen LogP contribution in [0.4, 0.5) is 0 Å². The highest BCUT2D eigenvalue weighted by molar-refractivity contribution is 7.87. The maximum atomic E-state index is 12.2. The molecule has 112 valence electrons. The first kappa shape index (κ1) is 15.8. The molecule has 1 saturated heterocycles. The van der Waals surface area contributed by atoms with E-state index in [2.05, 4.69) is 4.72 Å². The molecule has 1 aliphatic heterocycles. The molecule has 1 N–H and O–H groups in total. The Morgan fingerprint density at radius 3 is 2.90 bits per heavy atom. The van der Waals surface area contributed by atoms with Gasteiger partial charge in [0.05, 0.1) is 0 Å². The van der Waals surface area contributed by atoms with E-state index >= 15 is 0 Å². The van der Waals surface area contributed by atoms with Crippen molar-refractivity contribution in [3.05, 3.63) is 34.9 Å². The van der Waals surface area contributed by atoms with Gasteiger partial charge in [0.1, 0.15) is 0 Å². The highest BCUT2D eigenvalue weighted by Crippen LogP contribution is 2.19. The summed E-state index contributed by atoms with van der Waals surface area (Å²) < 4.78 is 28.7. The van der Waals surface area contributed by atoms with Crippen molar-refractivity contribution < 1.29 is 8.42 Å². The van der Waals surface area contributed by atoms with Crippen LogP contribution in [0.1, 0.15) is 31.7 Å². The van der Waals surface area contributed by atoms with Crippen LogP contribution in [0.15, 0.2) is 24.3 Å². The van der Waals surface area contributed by atoms with Crippen LogP contribution < -0.4 is 4.72 Å². The minimum atomic E-state index is -3.36. The van der Waals surface area contributed by atoms with Crippen molar-refractivity contribution in [2.45, 2.75) is 38.6 Å². The van der Waals surface area contributed by atoms with Crippen LogP contribution in [0, 0.1) is 0 Å². The molecule has 0 radical (unpaired) electrons. The molecule has 1 heterocycles. The van der Waals surface area contributed by atoms with Gasteiger partial charge in [0.15, 0.2) is 0 Å². The van der Waals surface area contributed by atoms with E-state index in [1.165, 1.54) is 0 Å². The van der Waals surface area contributed by atoms with Gasteiger partial charge in [-0.05, 0) is 43.9 Å². The highest BCUT2D eigenvalue weighted by atomic mass is 35.5. The van der Waals surface area contributed by atoms with Crippen LogP contribution >= 0.6 is 11.6 Å². The minimum Gasteiger partial charge on any atom is -0.202 e. The number of nitrogens with one attached hydrogen (secondary N) is 1. The van der Waals surface area contributed by atoms with Crippen molar-refractivity contribution in [3.63, 3.8) is 0 Å². The molecule has 1 aromatic rings. The third-order valence-corrected chi connectivity index (χ3v) is 5.60. The lowest BCUT2D eigenvalue weighted by Crippen LogP contribution is -2.48. The van der Waals surface area contributed by atoms with Crippen molar-refractivity contribution in [3.8, 4) is 0 Å². The number of hydrogen-bond acceptors (Lipinski definition) is 2. The number of benzene rings is 1. The number of nitrogens with zero attached hydrogens (tertiary/aromatic N) is 1. The summed E-state index contributed by atoms with van der Waals surface area (Å²) in [7, 11) is -3.36. The Hall–Kier alpha value is -0.620. The fraction of sp³-hybridized carbons (Fsp3) is 0.571. The lowest BCUT2D eigenvalue weighted by atomic mass is 10.1. The molecule has 0 aliphatic carbocycles. The molecule has 0 spiro atoms. The largest absolute Gasteiger partial charge is 0.279 e. The number of hydrogen-bond donors (Lipinski definition) is 1. The maximum absolute atomic E-state index is 12.2. The summed E-state index contributed by atoms with van der Waals surface area (Å²) in [6, 6.07) is 7.58. The van der Waals surface area contributed by atoms with Gasteiger partial charge in [-0.2, -0.15) is 12.7 Å². The first-order valence-corrected chi connectivity index (χ1v) is 8.82. The Balaban J connectivity index is 1.89. The third-order valence-electron chi connectivity index (χ3n) is 3.64. The quantitative estimate of drug-likeness (QED) is 0.907. The fourth-order valence-electron chi connectivity index (χ4n) is 2.53. The van der Waals surface area contributed by atoms with E-state index in [0.717, 1.165) is 24.8 Å². The van der Waals surface area contributed by atoms with Gasteiger partial charge in [0, 0.05) is 24.2 Å². The van der Waals surface area contributed by atoms with Gasteiger partial charge >= 0.3 is 0 Å². The molecule has 2 rings (SSSR count). The van der Waals surface area contributed by atoms with E-state index in [1.54, 1.807) is 4.31 Å². The van der Waals surface area contributed by atoms with Crippen LogP contribution in [-0.2, 0) is 16.6 Å². The van der Waals surface area contributed by atoms with Gasteiger partial charge in [-0.1, -0.05) is 30.2 Å². The molecule has 0 amide bonds. The Kier molecular flexibility index (Phi) is 5.43. The summed E-state index contributed by atoms with van der Waals surface area (Å²) in [4.78, 5) is 0. The van der Waals surface area contributed by atoms with Gasteiger partial charge in [0.2, 0.25) is 0 Å². The molecule has 0 saturated carbocycles. The Morgan fingerprint density at radius 2 is 2.20 bits per heavy atom. The highest BCUT2D eigenvalue weighted by Gasteiger charge is 2.28. The summed E-state index contributed by atoms with van der Waals surface area (Å²) in [6.07, 6.45) is 3.63. The first-order valence-electron chi connectivity index (χ1n) is 7.00. The molecule has 0 aromatic heterocycles. The second-order valence-electron chi connectivity index (χ2n) is 5.23. The number of rotatable bonds is 5. The Bertz CT molecular complexity index is 548. The predicted molar refractivity (Wildman–Crippen MR) is 82.1 cm³/mol. The summed E-state index contributed by atoms with van der Waals surface area (Å²) in [6.45, 7) is 2.98. The predicted octanol–water partition coefficient (Wildman–Crippen LogP) is 2.59. The van der Waals surface area contributed by atoms with Crippen LogP contribution in [0.2, 0.25) is 5.02 Å². The zero-order chi connectivity index (χ0) is 14.6. The third kappa shape index (κ3) is 4.19. The van der Waals surface area contributed by atoms with E-state index in [1.807, 2.05) is 31.2 Å². The normalized spacial score (nSPS) is 21.0. The summed E-state index contributed by atoms with van der Waals surface area (Å²) >= 11 is 5.91. The SMILES string of the molecule is CC1CCCCN1S(=O)(=O)NCCc1cccc(Cl)c1. The van der Waals surface area contributed by atoms with E-state index < -0.39 is 10.2 Å². The van der Waals surface area contributed by atoms with Crippen LogP contribution in [0.25, 0.3) is 0 Å². The molecule has 1 unspecified atom stereocenters. The van der Waals surface area contributed by atoms with E-state index in [4.69, 9.17) is 11.6 Å². The smallest absolute Gasteiger partial charge is 0.202 e. The Morgan fingerprint density at radius 1 is 1.40 bits per heavy atom. The van der Waals surface area contributed by atoms with Gasteiger partial charge in [-0.15, -0.1) is 0 Å². The average Bonchev–Trinajstić information content (AvgIpc) is 2.39. The molecule has 1 aromatic carbocycles. The molecule has 0 bridgehead atoms. The molecule has 1 atom stereocenters. The molecule has 1 fully saturated rings. The zero-order valence-electron chi connectivity index (χ0n) is 11.7. The molecule has 20 heavy (non-hydrogen) atoms. The summed E-state index contributed by atoms with van der Waals surface area (Å²) in [5.74, 6) is 0. The topological polar surface area (TPSA) is 49.4 Å². The zero-order valence-corrected chi connectivity index (χ0v) is 13.3. The second-order valence-corrected chi connectivity index (χ2v) is 7.38. The average molecular weight is 317 g/mol. The lowest BCUT2D eigenvalue weighted by molar-refractivity contribution is 0.265. The standard InChI is InChI=1S/C14H21ClN2O2S/c1-12-5-2-3-10-17(12)20(18,19)16-9-8-13-6-4-7-14(15)11-13/h4,6-7,11-12,16H,2-3,5,8-10H2,1H3. The van der Waals surface area contributed by atoms with Gasteiger partial charge in [0.25, 0.3) is 10.2 Å². The molecular weight excluding hydrogens is 296 g/mol. The van der Waals surface area contributed by atoms with Gasteiger partial charge in [-0.25, -0.2) is 4.72 Å². The fourth-order valence-corrected chi connectivity index (χ4v) is 4.22. The van der Waals surface area contributed by atoms with Crippen molar-refractivity contribution in [1.82, 2.24) is 9.03 Å². The molecule has 4 nitrogen and oxygen atoms in total. The monoisotopic (exact) mass is 316 g/mol. The van der Waals surface area contributed by atoms with Crippen LogP contribution in [0.3, 0.4) is 0 Å². The van der Waals surface area contributed by atoms with Gasteiger partial charge < -0.3 is 0 Å². The Labute approximate surface area is 126 Å². The summed E-state index contributed by atoms with van der Waals surface area (Å²) in [5, 5.41) is 0.676. The van der Waals surface area contributed by atoms with Crippen molar-refractivity contribution in [1.29, 1.82) is 0 Å². The minimum absolute atomic E-state index is 0.0902. The van der Waals surface area contributed by atoms with Crippen molar-refractivity contribution >= 4 is 21.8 Å². The van der Waals surface area contributed by atoms with E-state index in [-0.39, 0.29) is 6.04 Å². The van der Waals surface area contributed by atoms with Crippen molar-refractivity contribution in [2.24, 2.45) is 0 Å². The number of halogens is 1. The molecular formula is C14H21ClN2O2S. The van der Waals surface area contributed by atoms with Gasteiger partial charge in [-0.3, -0.25) is 0 Å². The molecule has 1 aliphatic rings. The second kappa shape index (κ2) is 6.89. The van der Waals surface area contributed by atoms with Crippen LogP contribution in [-0.4, -0.2) is 31.9 Å². The van der Waals surface area contributed by atoms with Crippen LogP contribution in [0.5, 0.6) is 0 Å². The van der Waals surface area contributed by atoms with Crippen molar-refractivity contribution in [2.75, 3.05) is 13.1 Å². The first-order chi connectivity index (χ1) is 9.49. The van der Waals surface area contributed by atoms with E-state index in [9.17, 15) is 8.42 Å². The lowest BCUT2D eigenvalue weighted by Gasteiger charge is -2.32. The summed E-state index contributed by atoms with van der Waals surface area (Å²) in [5.41, 5.74) is 1.03.